The van der Waals surface area contributed by atoms with Crippen molar-refractivity contribution >= 4 is 17.5 Å². The Kier molecular flexibility index (Phi) is 5.76. The lowest BCUT2D eigenvalue weighted by Crippen LogP contribution is -2.60. The fraction of sp³-hybridized carbons (Fsp3) is 0.273. The summed E-state index contributed by atoms with van der Waals surface area (Å²) >= 11 is 6.02. The van der Waals surface area contributed by atoms with Crippen LogP contribution >= 0.6 is 11.6 Å². The van der Waals surface area contributed by atoms with Gasteiger partial charge in [-0.1, -0.05) is 23.7 Å². The van der Waals surface area contributed by atoms with E-state index in [0.29, 0.717) is 36.3 Å². The third-order valence-corrected chi connectivity index (χ3v) is 5.15. The van der Waals surface area contributed by atoms with Crippen LogP contribution in [0.2, 0.25) is 5.02 Å². The molecule has 0 aliphatic carbocycles. The van der Waals surface area contributed by atoms with E-state index < -0.39 is 0 Å². The van der Waals surface area contributed by atoms with Crippen molar-refractivity contribution in [2.45, 2.75) is 19.4 Å². The van der Waals surface area contributed by atoms with Crippen molar-refractivity contribution in [2.75, 3.05) is 19.8 Å². The van der Waals surface area contributed by atoms with Crippen LogP contribution in [0.3, 0.4) is 0 Å². The molecule has 0 atom stereocenters. The number of ether oxygens (including phenoxy) is 1. The van der Waals surface area contributed by atoms with E-state index >= 15 is 0 Å². The number of benzene rings is 1. The maximum absolute atomic E-state index is 13.1. The Morgan fingerprint density at radius 3 is 2.67 bits per heavy atom. The largest absolute Gasteiger partial charge is 0.378 e. The van der Waals surface area contributed by atoms with E-state index in [0.717, 1.165) is 11.1 Å². The number of rotatable bonds is 4. The van der Waals surface area contributed by atoms with Crippen LogP contribution < -0.4 is 5.43 Å². The smallest absolute Gasteiger partial charge is 0.284 e. The first-order valence-corrected chi connectivity index (χ1v) is 10.0. The van der Waals surface area contributed by atoms with E-state index in [-0.39, 0.29) is 17.1 Å². The van der Waals surface area contributed by atoms with Gasteiger partial charge in [0.15, 0.2) is 5.82 Å². The Morgan fingerprint density at radius 2 is 1.97 bits per heavy atom. The summed E-state index contributed by atoms with van der Waals surface area (Å²) in [5, 5.41) is 2.53. The molecule has 1 N–H and O–H groups in total. The van der Waals surface area contributed by atoms with E-state index in [1.165, 1.54) is 0 Å². The summed E-state index contributed by atoms with van der Waals surface area (Å²) in [6.07, 6.45) is 3.36. The first-order valence-electron chi connectivity index (χ1n) is 9.64. The number of pyridine rings is 1. The standard InChI is InChI=1S/C22H22ClN5O2/c1-22(2)14-30-11-10-28(22)27-21(29)19-12-18(15-5-7-17(23)8-6-15)25-20(26-19)16-4-3-9-24-13-16/h3-9,12-13H,10-11,14H2,1-2H3,(H,27,29). The fourth-order valence-electron chi connectivity index (χ4n) is 3.20. The Bertz CT molecular complexity index is 1040. The van der Waals surface area contributed by atoms with Gasteiger partial charge >= 0.3 is 0 Å². The van der Waals surface area contributed by atoms with Gasteiger partial charge in [0.2, 0.25) is 0 Å². The molecule has 3 aromatic rings. The van der Waals surface area contributed by atoms with Gasteiger partial charge in [0.25, 0.3) is 5.91 Å². The minimum absolute atomic E-state index is 0.274. The maximum atomic E-state index is 13.1. The molecule has 4 rings (SSSR count). The number of nitrogens with one attached hydrogen (secondary N) is 1. The van der Waals surface area contributed by atoms with Crippen LogP contribution in [0.1, 0.15) is 24.3 Å². The Morgan fingerprint density at radius 1 is 1.17 bits per heavy atom. The monoisotopic (exact) mass is 423 g/mol. The van der Waals surface area contributed by atoms with Gasteiger partial charge in [-0.2, -0.15) is 0 Å². The second-order valence-electron chi connectivity index (χ2n) is 7.67. The molecule has 0 spiro atoms. The first-order chi connectivity index (χ1) is 14.4. The van der Waals surface area contributed by atoms with Gasteiger partial charge in [-0.3, -0.25) is 15.2 Å². The highest BCUT2D eigenvalue weighted by molar-refractivity contribution is 6.30. The predicted octanol–water partition coefficient (Wildman–Crippen LogP) is 3.61. The molecule has 1 saturated heterocycles. The second kappa shape index (κ2) is 8.47. The molecule has 1 aliphatic rings. The summed E-state index contributed by atoms with van der Waals surface area (Å²) in [7, 11) is 0. The van der Waals surface area contributed by atoms with Crippen molar-refractivity contribution in [3.63, 3.8) is 0 Å². The lowest BCUT2D eigenvalue weighted by atomic mass is 10.1. The molecule has 0 unspecified atom stereocenters. The van der Waals surface area contributed by atoms with Crippen LogP contribution in [0.4, 0.5) is 0 Å². The zero-order valence-electron chi connectivity index (χ0n) is 16.8. The van der Waals surface area contributed by atoms with E-state index in [1.807, 2.05) is 43.1 Å². The van der Waals surface area contributed by atoms with Gasteiger partial charge in [-0.25, -0.2) is 15.0 Å². The van der Waals surface area contributed by atoms with Crippen LogP contribution in [0.25, 0.3) is 22.6 Å². The number of aromatic nitrogens is 3. The molecule has 3 heterocycles. The molecular weight excluding hydrogens is 402 g/mol. The number of halogens is 1. The van der Waals surface area contributed by atoms with Gasteiger partial charge in [-0.15, -0.1) is 0 Å². The molecule has 1 fully saturated rings. The van der Waals surface area contributed by atoms with Crippen molar-refractivity contribution in [1.82, 2.24) is 25.4 Å². The average Bonchev–Trinajstić information content (AvgIpc) is 2.76. The van der Waals surface area contributed by atoms with E-state index in [4.69, 9.17) is 16.3 Å². The molecular formula is C22H22ClN5O2. The second-order valence-corrected chi connectivity index (χ2v) is 8.10. The highest BCUT2D eigenvalue weighted by Gasteiger charge is 2.32. The highest BCUT2D eigenvalue weighted by atomic mass is 35.5. The molecule has 7 nitrogen and oxygen atoms in total. The van der Waals surface area contributed by atoms with Crippen LogP contribution in [0.15, 0.2) is 54.9 Å². The van der Waals surface area contributed by atoms with Crippen molar-refractivity contribution in [1.29, 1.82) is 0 Å². The molecule has 8 heteroatoms. The molecule has 0 saturated carbocycles. The third kappa shape index (κ3) is 4.48. The Hall–Kier alpha value is -2.87. The zero-order chi connectivity index (χ0) is 21.1. The lowest BCUT2D eigenvalue weighted by Gasteiger charge is -2.41. The van der Waals surface area contributed by atoms with Gasteiger partial charge in [0, 0.05) is 35.1 Å². The summed E-state index contributed by atoms with van der Waals surface area (Å²) in [5.41, 5.74) is 5.14. The number of hydrogen-bond donors (Lipinski definition) is 1. The number of amides is 1. The minimum atomic E-state index is -0.313. The Balaban J connectivity index is 1.72. The Labute approximate surface area is 180 Å². The fourth-order valence-corrected chi connectivity index (χ4v) is 3.33. The summed E-state index contributed by atoms with van der Waals surface area (Å²) in [6.45, 7) is 5.74. The lowest BCUT2D eigenvalue weighted by molar-refractivity contribution is -0.0715. The van der Waals surface area contributed by atoms with Crippen LogP contribution in [-0.2, 0) is 4.74 Å². The molecule has 30 heavy (non-hydrogen) atoms. The van der Waals surface area contributed by atoms with Gasteiger partial charge < -0.3 is 4.74 Å². The minimum Gasteiger partial charge on any atom is -0.378 e. The van der Waals surface area contributed by atoms with E-state index in [2.05, 4.69) is 20.4 Å². The van der Waals surface area contributed by atoms with Gasteiger partial charge in [0.1, 0.15) is 5.69 Å². The normalized spacial score (nSPS) is 16.2. The number of carbonyl (C=O) groups excluding carboxylic acids is 1. The summed E-state index contributed by atoms with van der Waals surface area (Å²) in [5.74, 6) is 0.134. The topological polar surface area (TPSA) is 80.2 Å². The molecule has 2 aromatic heterocycles. The van der Waals surface area contributed by atoms with Crippen molar-refractivity contribution < 1.29 is 9.53 Å². The SMILES string of the molecule is CC1(C)COCCN1NC(=O)c1cc(-c2ccc(Cl)cc2)nc(-c2cccnc2)n1. The number of hydrogen-bond acceptors (Lipinski definition) is 6. The summed E-state index contributed by atoms with van der Waals surface area (Å²) < 4.78 is 5.53. The first kappa shape index (κ1) is 20.4. The third-order valence-electron chi connectivity index (χ3n) is 4.90. The average molecular weight is 424 g/mol. The zero-order valence-corrected chi connectivity index (χ0v) is 17.6. The molecule has 1 aromatic carbocycles. The maximum Gasteiger partial charge on any atom is 0.284 e. The number of hydrazine groups is 1. The molecule has 0 radical (unpaired) electrons. The van der Waals surface area contributed by atoms with Crippen LogP contribution in [0.5, 0.6) is 0 Å². The number of morpholine rings is 1. The molecule has 154 valence electrons. The van der Waals surface area contributed by atoms with Gasteiger partial charge in [0.05, 0.1) is 24.4 Å². The van der Waals surface area contributed by atoms with Crippen molar-refractivity contribution in [2.24, 2.45) is 0 Å². The van der Waals surface area contributed by atoms with E-state index in [9.17, 15) is 4.79 Å². The molecule has 1 amide bonds. The number of carbonyl (C=O) groups is 1. The quantitative estimate of drug-likeness (QED) is 0.690. The molecule has 0 bridgehead atoms. The predicted molar refractivity (Wildman–Crippen MR) is 115 cm³/mol. The van der Waals surface area contributed by atoms with Crippen molar-refractivity contribution in [3.8, 4) is 22.6 Å². The van der Waals surface area contributed by atoms with Gasteiger partial charge in [-0.05, 0) is 44.2 Å². The highest BCUT2D eigenvalue weighted by Crippen LogP contribution is 2.24. The summed E-state index contributed by atoms with van der Waals surface area (Å²) in [6, 6.07) is 12.7. The van der Waals surface area contributed by atoms with Crippen LogP contribution in [0, 0.1) is 0 Å². The molecule has 1 aliphatic heterocycles. The van der Waals surface area contributed by atoms with E-state index in [1.54, 1.807) is 30.6 Å². The summed E-state index contributed by atoms with van der Waals surface area (Å²) in [4.78, 5) is 26.4. The van der Waals surface area contributed by atoms with Crippen LogP contribution in [-0.4, -0.2) is 51.2 Å². The number of nitrogens with zero attached hydrogens (tertiary/aromatic N) is 4. The van der Waals surface area contributed by atoms with Crippen molar-refractivity contribution in [3.05, 3.63) is 65.6 Å².